The molecule has 0 fully saturated rings. The molecule has 0 spiro atoms. The molecule has 8 aromatic rings. The predicted octanol–water partition coefficient (Wildman–Crippen LogP) is 13.6. The van der Waals surface area contributed by atoms with Crippen LogP contribution in [0, 0.1) is 5.92 Å². The highest BCUT2D eigenvalue weighted by Crippen LogP contribution is 2.40. The normalized spacial score (nSPS) is 17.2. The Labute approximate surface area is 333 Å². The summed E-state index contributed by atoms with van der Waals surface area (Å²) in [4.78, 5) is 15.6. The number of aromatic nitrogens is 3. The molecule has 3 nitrogen and oxygen atoms in total. The molecule has 11 rings (SSSR count). The van der Waals surface area contributed by atoms with Gasteiger partial charge in [0, 0.05) is 23.2 Å². The number of nitrogens with zero attached hydrogens (tertiary/aromatic N) is 3. The molecule has 272 valence electrons. The lowest BCUT2D eigenvalue weighted by atomic mass is 9.88. The van der Waals surface area contributed by atoms with Crippen molar-refractivity contribution in [3.63, 3.8) is 0 Å². The van der Waals surface area contributed by atoms with Gasteiger partial charge in [0.2, 0.25) is 0 Å². The van der Waals surface area contributed by atoms with Gasteiger partial charge in [0.1, 0.15) is 5.82 Å². The lowest BCUT2D eigenvalue weighted by Gasteiger charge is -2.20. The van der Waals surface area contributed by atoms with Gasteiger partial charge in [-0.2, -0.15) is 0 Å². The molecule has 57 heavy (non-hydrogen) atoms. The Morgan fingerprint density at radius 3 is 2.14 bits per heavy atom. The van der Waals surface area contributed by atoms with Crippen molar-refractivity contribution in [1.82, 2.24) is 15.0 Å². The summed E-state index contributed by atoms with van der Waals surface area (Å²) >= 11 is 0. The van der Waals surface area contributed by atoms with Crippen LogP contribution in [-0.2, 0) is 12.8 Å². The molecule has 0 saturated heterocycles. The van der Waals surface area contributed by atoms with Crippen LogP contribution in [0.1, 0.15) is 59.5 Å². The van der Waals surface area contributed by atoms with Crippen molar-refractivity contribution in [2.75, 3.05) is 0 Å². The minimum atomic E-state index is 0.0519. The quantitative estimate of drug-likeness (QED) is 0.165. The van der Waals surface area contributed by atoms with E-state index in [1.54, 1.807) is 0 Å². The van der Waals surface area contributed by atoms with E-state index in [9.17, 15) is 0 Å². The molecule has 0 N–H and O–H groups in total. The van der Waals surface area contributed by atoms with Crippen molar-refractivity contribution in [1.29, 1.82) is 0 Å². The fourth-order valence-corrected chi connectivity index (χ4v) is 9.23. The highest BCUT2D eigenvalue weighted by Gasteiger charge is 2.22. The Bertz CT molecular complexity index is 3030. The summed E-state index contributed by atoms with van der Waals surface area (Å²) in [5.74, 6) is 1.44. The number of hydrogen-bond acceptors (Lipinski definition) is 3. The first-order valence-corrected chi connectivity index (χ1v) is 20.3. The predicted molar refractivity (Wildman–Crippen MR) is 239 cm³/mol. The molecule has 0 bridgehead atoms. The number of hydrogen-bond donors (Lipinski definition) is 0. The first-order chi connectivity index (χ1) is 28.1. The first kappa shape index (κ1) is 33.6. The molecule has 3 aliphatic carbocycles. The summed E-state index contributed by atoms with van der Waals surface area (Å²) in [5.41, 5.74) is 14.1. The number of rotatable bonds is 5. The van der Waals surface area contributed by atoms with E-state index in [1.165, 1.54) is 76.8 Å². The topological polar surface area (TPSA) is 38.7 Å². The van der Waals surface area contributed by atoms with Crippen molar-refractivity contribution in [2.45, 2.75) is 38.5 Å². The van der Waals surface area contributed by atoms with Crippen LogP contribution < -0.4 is 0 Å². The number of fused-ring (bicyclic) bond motifs is 7. The SMILES string of the molecule is CC1C=Cc2ncc(C3=CCC(c4nc(-c5ccc(-c6cc7ccccc7c7ccccc67)cc5)cc(-c5cc6c(c7ccccc57)C=CCC6)n4)C=C3)cc2C1. The third kappa shape index (κ3) is 6.02. The molecule has 6 aromatic carbocycles. The molecule has 2 atom stereocenters. The molecule has 0 amide bonds. The average molecular weight is 732 g/mol. The van der Waals surface area contributed by atoms with E-state index in [-0.39, 0.29) is 5.92 Å². The molecule has 2 unspecified atom stereocenters. The Hall–Kier alpha value is -6.71. The van der Waals surface area contributed by atoms with Crippen molar-refractivity contribution in [3.05, 3.63) is 192 Å². The largest absolute Gasteiger partial charge is 0.256 e. The lowest BCUT2D eigenvalue weighted by molar-refractivity contribution is 0.712. The summed E-state index contributed by atoms with van der Waals surface area (Å²) in [6.45, 7) is 2.27. The van der Waals surface area contributed by atoms with Crippen LogP contribution in [0.4, 0.5) is 0 Å². The maximum atomic E-state index is 5.41. The van der Waals surface area contributed by atoms with Crippen LogP contribution in [0.2, 0.25) is 0 Å². The molecule has 2 heterocycles. The van der Waals surface area contributed by atoms with Crippen LogP contribution in [0.3, 0.4) is 0 Å². The van der Waals surface area contributed by atoms with E-state index in [0.29, 0.717) is 5.92 Å². The van der Waals surface area contributed by atoms with Crippen molar-refractivity contribution >= 4 is 50.0 Å². The van der Waals surface area contributed by atoms with Crippen molar-refractivity contribution in [2.24, 2.45) is 5.92 Å². The van der Waals surface area contributed by atoms with E-state index in [4.69, 9.17) is 15.0 Å². The second-order valence-electron chi connectivity index (χ2n) is 15.9. The summed E-state index contributed by atoms with van der Waals surface area (Å²) < 4.78 is 0. The fraction of sp³-hybridized carbons (Fsp3) is 0.130. The van der Waals surface area contributed by atoms with Gasteiger partial charge in [0.25, 0.3) is 0 Å². The van der Waals surface area contributed by atoms with E-state index >= 15 is 0 Å². The Balaban J connectivity index is 1.01. The molecule has 3 aliphatic rings. The van der Waals surface area contributed by atoms with Gasteiger partial charge in [0.05, 0.1) is 17.1 Å². The van der Waals surface area contributed by atoms with Crippen LogP contribution >= 0.6 is 0 Å². The van der Waals surface area contributed by atoms with Crippen molar-refractivity contribution < 1.29 is 0 Å². The highest BCUT2D eigenvalue weighted by atomic mass is 14.9. The van der Waals surface area contributed by atoms with E-state index in [1.807, 2.05) is 6.20 Å². The van der Waals surface area contributed by atoms with Crippen LogP contribution in [0.15, 0.2) is 158 Å². The zero-order chi connectivity index (χ0) is 37.9. The Morgan fingerprint density at radius 2 is 1.32 bits per heavy atom. The molecule has 0 aliphatic heterocycles. The lowest BCUT2D eigenvalue weighted by Crippen LogP contribution is -2.08. The van der Waals surface area contributed by atoms with E-state index in [2.05, 4.69) is 171 Å². The standard InChI is InChI=1S/C54H41N3/c1-34-18-27-51-41(28-34)29-42(33-55-51)35-19-25-38(26-20-35)54-56-52(32-53(57-54)50-31-40-11-3-5-13-44(40)46-15-7-9-17-48(46)50)37-23-21-36(22-24-37)49-30-39-10-2-4-12-43(39)45-14-6-8-16-47(45)49/h2,4-10,12-25,27,29-34,38H,3,11,26,28H2,1H3. The number of benzene rings is 6. The molecule has 2 aromatic heterocycles. The first-order valence-electron chi connectivity index (χ1n) is 20.3. The minimum absolute atomic E-state index is 0.0519. The maximum Gasteiger partial charge on any atom is 0.136 e. The van der Waals surface area contributed by atoms with Gasteiger partial charge in [-0.1, -0.05) is 140 Å². The Kier molecular flexibility index (Phi) is 8.13. The van der Waals surface area contributed by atoms with Gasteiger partial charge in [-0.25, -0.2) is 9.97 Å². The number of pyridine rings is 1. The van der Waals surface area contributed by atoms with Crippen LogP contribution in [0.5, 0.6) is 0 Å². The van der Waals surface area contributed by atoms with Gasteiger partial charge in [-0.15, -0.1) is 0 Å². The molecular formula is C54H41N3. The highest BCUT2D eigenvalue weighted by molar-refractivity contribution is 6.13. The minimum Gasteiger partial charge on any atom is -0.256 e. The van der Waals surface area contributed by atoms with Gasteiger partial charge in [-0.3, -0.25) is 4.98 Å². The number of aryl methyl sites for hydroxylation is 1. The third-order valence-corrected chi connectivity index (χ3v) is 12.2. The van der Waals surface area contributed by atoms with Gasteiger partial charge in [-0.05, 0) is 133 Å². The molecule has 0 radical (unpaired) electrons. The zero-order valence-corrected chi connectivity index (χ0v) is 32.0. The maximum absolute atomic E-state index is 5.41. The van der Waals surface area contributed by atoms with Gasteiger partial charge >= 0.3 is 0 Å². The second kappa shape index (κ2) is 13.8. The summed E-state index contributed by atoms with van der Waals surface area (Å²) in [5, 5.41) is 7.58. The summed E-state index contributed by atoms with van der Waals surface area (Å²) in [7, 11) is 0. The summed E-state index contributed by atoms with van der Waals surface area (Å²) in [6.07, 6.45) is 21.9. The van der Waals surface area contributed by atoms with Gasteiger partial charge < -0.3 is 0 Å². The van der Waals surface area contributed by atoms with Crippen LogP contribution in [0.25, 0.3) is 83.7 Å². The average Bonchev–Trinajstić information content (AvgIpc) is 3.28. The monoisotopic (exact) mass is 731 g/mol. The molecule has 3 heteroatoms. The second-order valence-corrected chi connectivity index (χ2v) is 15.9. The fourth-order valence-electron chi connectivity index (χ4n) is 9.23. The van der Waals surface area contributed by atoms with Crippen LogP contribution in [-0.4, -0.2) is 15.0 Å². The molecule has 0 saturated carbocycles. The van der Waals surface area contributed by atoms with E-state index in [0.717, 1.165) is 54.2 Å². The zero-order valence-electron chi connectivity index (χ0n) is 32.0. The van der Waals surface area contributed by atoms with Crippen molar-refractivity contribution in [3.8, 4) is 33.6 Å². The Morgan fingerprint density at radius 1 is 0.579 bits per heavy atom. The smallest absolute Gasteiger partial charge is 0.136 e. The molecular weight excluding hydrogens is 691 g/mol. The van der Waals surface area contributed by atoms with E-state index < -0.39 is 0 Å². The summed E-state index contributed by atoms with van der Waals surface area (Å²) in [6, 6.07) is 44.5. The third-order valence-electron chi connectivity index (χ3n) is 12.2. The number of allylic oxidation sites excluding steroid dienone is 6. The van der Waals surface area contributed by atoms with Gasteiger partial charge in [0.15, 0.2) is 0 Å².